The molecule has 1 heterocycles. The molecule has 0 aromatic heterocycles. The van der Waals surface area contributed by atoms with E-state index in [2.05, 4.69) is 22.8 Å². The minimum absolute atomic E-state index is 0.0369. The van der Waals surface area contributed by atoms with Gasteiger partial charge in [-0.05, 0) is 55.2 Å². The predicted octanol–water partition coefficient (Wildman–Crippen LogP) is 5.57. The van der Waals surface area contributed by atoms with Gasteiger partial charge < -0.3 is 10.6 Å². The molecule has 4 rings (SSSR count). The summed E-state index contributed by atoms with van der Waals surface area (Å²) in [6, 6.07) is 11.5. The van der Waals surface area contributed by atoms with Gasteiger partial charge in [0.1, 0.15) is 0 Å². The summed E-state index contributed by atoms with van der Waals surface area (Å²) < 4.78 is 0. The SMILES string of the molecule is CCNC(=O)c1ccc2c(c1)C1C=CCC1C(c1c(Cl)cccc1Cl)N2. The van der Waals surface area contributed by atoms with Gasteiger partial charge in [-0.25, -0.2) is 0 Å². The Morgan fingerprint density at radius 1 is 1.23 bits per heavy atom. The quantitative estimate of drug-likeness (QED) is 0.676. The number of hydrogen-bond donors (Lipinski definition) is 2. The summed E-state index contributed by atoms with van der Waals surface area (Å²) in [5, 5.41) is 7.86. The number of rotatable bonds is 3. The van der Waals surface area contributed by atoms with Gasteiger partial charge in [-0.3, -0.25) is 4.79 Å². The molecule has 0 saturated heterocycles. The summed E-state index contributed by atoms with van der Waals surface area (Å²) in [6.45, 7) is 2.54. The van der Waals surface area contributed by atoms with Gasteiger partial charge in [0.15, 0.2) is 0 Å². The smallest absolute Gasteiger partial charge is 0.251 e. The van der Waals surface area contributed by atoms with Crippen LogP contribution in [0.2, 0.25) is 10.0 Å². The number of hydrogen-bond acceptors (Lipinski definition) is 2. The van der Waals surface area contributed by atoms with Crippen LogP contribution in [0.3, 0.4) is 0 Å². The average Bonchev–Trinajstić information content (AvgIpc) is 3.11. The fourth-order valence-electron chi connectivity index (χ4n) is 4.09. The van der Waals surface area contributed by atoms with Crippen molar-refractivity contribution in [2.45, 2.75) is 25.3 Å². The largest absolute Gasteiger partial charge is 0.378 e. The van der Waals surface area contributed by atoms with E-state index in [9.17, 15) is 4.79 Å². The summed E-state index contributed by atoms with van der Waals surface area (Å²) in [5.74, 6) is 0.535. The lowest BCUT2D eigenvalue weighted by Gasteiger charge is -2.38. The van der Waals surface area contributed by atoms with E-state index in [0.29, 0.717) is 28.1 Å². The minimum Gasteiger partial charge on any atom is -0.378 e. The normalized spacial score (nSPS) is 23.1. The molecule has 1 amide bonds. The topological polar surface area (TPSA) is 41.1 Å². The summed E-state index contributed by atoms with van der Waals surface area (Å²) in [6.07, 6.45) is 5.40. The summed E-state index contributed by atoms with van der Waals surface area (Å²) >= 11 is 13.0. The summed E-state index contributed by atoms with van der Waals surface area (Å²) in [5.41, 5.74) is 3.84. The number of allylic oxidation sites excluding steroid dienone is 2. The Morgan fingerprint density at radius 2 is 2.00 bits per heavy atom. The van der Waals surface area contributed by atoms with Crippen molar-refractivity contribution in [3.05, 3.63) is 75.3 Å². The zero-order chi connectivity index (χ0) is 18.3. The van der Waals surface area contributed by atoms with Crippen molar-refractivity contribution < 1.29 is 4.79 Å². The molecule has 5 heteroatoms. The number of benzene rings is 2. The highest BCUT2D eigenvalue weighted by Crippen LogP contribution is 2.52. The maximum atomic E-state index is 12.2. The van der Waals surface area contributed by atoms with E-state index in [1.807, 2.05) is 43.3 Å². The van der Waals surface area contributed by atoms with E-state index >= 15 is 0 Å². The van der Waals surface area contributed by atoms with Crippen molar-refractivity contribution in [2.24, 2.45) is 5.92 Å². The third-order valence-corrected chi connectivity index (χ3v) is 5.93. The van der Waals surface area contributed by atoms with Crippen LogP contribution in [0.1, 0.15) is 46.8 Å². The van der Waals surface area contributed by atoms with Gasteiger partial charge in [-0.15, -0.1) is 0 Å². The van der Waals surface area contributed by atoms with E-state index in [4.69, 9.17) is 23.2 Å². The lowest BCUT2D eigenvalue weighted by molar-refractivity contribution is 0.0955. The van der Waals surface area contributed by atoms with Crippen LogP contribution in [0.15, 0.2) is 48.6 Å². The fraction of sp³-hybridized carbons (Fsp3) is 0.286. The van der Waals surface area contributed by atoms with Crippen LogP contribution in [0.4, 0.5) is 5.69 Å². The summed E-state index contributed by atoms with van der Waals surface area (Å²) in [7, 11) is 0. The van der Waals surface area contributed by atoms with Gasteiger partial charge in [-0.2, -0.15) is 0 Å². The first kappa shape index (κ1) is 17.4. The first-order valence-electron chi connectivity index (χ1n) is 8.89. The first-order valence-corrected chi connectivity index (χ1v) is 9.65. The molecule has 3 atom stereocenters. The zero-order valence-electron chi connectivity index (χ0n) is 14.4. The number of carbonyl (C=O) groups is 1. The van der Waals surface area contributed by atoms with Gasteiger partial charge in [-0.1, -0.05) is 41.4 Å². The minimum atomic E-state index is -0.0369. The van der Waals surface area contributed by atoms with Crippen LogP contribution >= 0.6 is 23.2 Å². The molecular weight excluding hydrogens is 367 g/mol. The highest BCUT2D eigenvalue weighted by Gasteiger charge is 2.39. The Bertz CT molecular complexity index is 873. The van der Waals surface area contributed by atoms with Crippen molar-refractivity contribution in [1.82, 2.24) is 5.32 Å². The van der Waals surface area contributed by atoms with Crippen molar-refractivity contribution in [3.8, 4) is 0 Å². The highest BCUT2D eigenvalue weighted by atomic mass is 35.5. The maximum Gasteiger partial charge on any atom is 0.251 e. The molecule has 2 aromatic rings. The Morgan fingerprint density at radius 3 is 2.73 bits per heavy atom. The molecule has 1 aliphatic carbocycles. The molecule has 0 fully saturated rings. The molecule has 134 valence electrons. The van der Waals surface area contributed by atoms with Crippen LogP contribution in [0.25, 0.3) is 0 Å². The van der Waals surface area contributed by atoms with Crippen LogP contribution in [0.5, 0.6) is 0 Å². The van der Waals surface area contributed by atoms with E-state index in [0.717, 1.165) is 23.2 Å². The van der Waals surface area contributed by atoms with Crippen molar-refractivity contribution in [2.75, 3.05) is 11.9 Å². The number of nitrogens with one attached hydrogen (secondary N) is 2. The Labute approximate surface area is 163 Å². The number of amides is 1. The lowest BCUT2D eigenvalue weighted by atomic mass is 9.76. The van der Waals surface area contributed by atoms with Crippen LogP contribution in [-0.2, 0) is 0 Å². The van der Waals surface area contributed by atoms with Crippen LogP contribution in [0, 0.1) is 5.92 Å². The second-order valence-electron chi connectivity index (χ2n) is 6.77. The fourth-order valence-corrected chi connectivity index (χ4v) is 4.72. The molecule has 0 radical (unpaired) electrons. The van der Waals surface area contributed by atoms with Gasteiger partial charge in [0.05, 0.1) is 6.04 Å². The Balaban J connectivity index is 1.76. The molecule has 0 bridgehead atoms. The molecule has 3 nitrogen and oxygen atoms in total. The van der Waals surface area contributed by atoms with E-state index in [-0.39, 0.29) is 17.9 Å². The average molecular weight is 387 g/mol. The lowest BCUT2D eigenvalue weighted by Crippen LogP contribution is -2.30. The number of anilines is 1. The Hall–Kier alpha value is -1.97. The second kappa shape index (κ2) is 6.98. The van der Waals surface area contributed by atoms with Gasteiger partial charge in [0.25, 0.3) is 5.91 Å². The number of carbonyl (C=O) groups excluding carboxylic acids is 1. The molecule has 2 aliphatic rings. The molecule has 3 unspecified atom stereocenters. The number of fused-ring (bicyclic) bond motifs is 3. The standard InChI is InChI=1S/C21H20Cl2N2O/c1-2-24-21(26)12-9-10-18-15(11-12)13-5-3-6-14(13)20(25-18)19-16(22)7-4-8-17(19)23/h3-5,7-11,13-14,20,25H,2,6H2,1H3,(H,24,26). The van der Waals surface area contributed by atoms with Crippen molar-refractivity contribution in [3.63, 3.8) is 0 Å². The van der Waals surface area contributed by atoms with Crippen LogP contribution in [-0.4, -0.2) is 12.5 Å². The molecule has 1 aliphatic heterocycles. The highest BCUT2D eigenvalue weighted by molar-refractivity contribution is 6.36. The van der Waals surface area contributed by atoms with Gasteiger partial charge in [0.2, 0.25) is 0 Å². The zero-order valence-corrected chi connectivity index (χ0v) is 15.9. The monoisotopic (exact) mass is 386 g/mol. The second-order valence-corrected chi connectivity index (χ2v) is 7.59. The number of halogens is 2. The molecule has 2 aromatic carbocycles. The Kier molecular flexibility index (Phi) is 4.68. The first-order chi connectivity index (χ1) is 12.6. The van der Waals surface area contributed by atoms with Gasteiger partial charge in [0, 0.05) is 39.3 Å². The molecular formula is C21H20Cl2N2O. The van der Waals surface area contributed by atoms with Crippen LogP contribution < -0.4 is 10.6 Å². The maximum absolute atomic E-state index is 12.2. The molecule has 2 N–H and O–H groups in total. The van der Waals surface area contributed by atoms with E-state index < -0.39 is 0 Å². The summed E-state index contributed by atoms with van der Waals surface area (Å²) in [4.78, 5) is 12.2. The predicted molar refractivity (Wildman–Crippen MR) is 107 cm³/mol. The molecule has 0 saturated carbocycles. The van der Waals surface area contributed by atoms with E-state index in [1.165, 1.54) is 0 Å². The van der Waals surface area contributed by atoms with Crippen molar-refractivity contribution >= 4 is 34.8 Å². The van der Waals surface area contributed by atoms with Gasteiger partial charge >= 0.3 is 0 Å². The molecule has 26 heavy (non-hydrogen) atoms. The third-order valence-electron chi connectivity index (χ3n) is 5.27. The molecule has 0 spiro atoms. The third kappa shape index (κ3) is 2.89. The van der Waals surface area contributed by atoms with E-state index in [1.54, 1.807) is 0 Å². The van der Waals surface area contributed by atoms with Crippen molar-refractivity contribution in [1.29, 1.82) is 0 Å².